The number of hydrogen-bond donors (Lipinski definition) is 2. The average molecular weight is 260 g/mol. The number of hydrogen-bond acceptors (Lipinski definition) is 3. The van der Waals surface area contributed by atoms with Gasteiger partial charge in [0, 0.05) is 37.8 Å². The summed E-state index contributed by atoms with van der Waals surface area (Å²) in [5.41, 5.74) is 8.89. The Hall–Kier alpha value is -1.39. The third-order valence-electron chi connectivity index (χ3n) is 4.09. The molecule has 0 radical (unpaired) electrons. The number of piperazine rings is 1. The summed E-state index contributed by atoms with van der Waals surface area (Å²) in [6.07, 6.45) is 0. The molecule has 1 aromatic rings. The van der Waals surface area contributed by atoms with Crippen molar-refractivity contribution in [2.24, 2.45) is 5.73 Å². The largest absolute Gasteiger partial charge is 0.384 e. The van der Waals surface area contributed by atoms with E-state index < -0.39 is 0 Å². The molecule has 1 saturated heterocycles. The molecule has 1 heterocycles. The Kier molecular flexibility index (Phi) is 4.22. The third-order valence-corrected chi connectivity index (χ3v) is 4.09. The molecule has 0 aliphatic carbocycles. The van der Waals surface area contributed by atoms with E-state index in [4.69, 9.17) is 11.1 Å². The van der Waals surface area contributed by atoms with E-state index in [9.17, 15) is 0 Å². The molecule has 0 saturated carbocycles. The fourth-order valence-corrected chi connectivity index (χ4v) is 2.55. The van der Waals surface area contributed by atoms with Crippen molar-refractivity contribution in [2.45, 2.75) is 26.4 Å². The molecule has 3 N–H and O–H groups in total. The zero-order valence-electron chi connectivity index (χ0n) is 12.1. The van der Waals surface area contributed by atoms with Gasteiger partial charge in [0.25, 0.3) is 0 Å². The number of amidine groups is 1. The predicted octanol–water partition coefficient (Wildman–Crippen LogP) is 1.41. The van der Waals surface area contributed by atoms with Gasteiger partial charge in [0.15, 0.2) is 0 Å². The molecule has 104 valence electrons. The van der Waals surface area contributed by atoms with Crippen molar-refractivity contribution in [3.05, 3.63) is 34.9 Å². The van der Waals surface area contributed by atoms with Gasteiger partial charge in [-0.25, -0.2) is 0 Å². The minimum Gasteiger partial charge on any atom is -0.384 e. The van der Waals surface area contributed by atoms with Crippen molar-refractivity contribution in [2.75, 3.05) is 26.7 Å². The summed E-state index contributed by atoms with van der Waals surface area (Å²) in [6.45, 7) is 8.73. The highest BCUT2D eigenvalue weighted by Crippen LogP contribution is 2.16. The minimum atomic E-state index is 0.142. The van der Waals surface area contributed by atoms with Gasteiger partial charge in [-0.2, -0.15) is 0 Å². The van der Waals surface area contributed by atoms with Crippen molar-refractivity contribution in [1.29, 1.82) is 5.41 Å². The smallest absolute Gasteiger partial charge is 0.122 e. The molecule has 4 heteroatoms. The van der Waals surface area contributed by atoms with Crippen LogP contribution in [0.5, 0.6) is 0 Å². The Morgan fingerprint density at radius 1 is 1.42 bits per heavy atom. The minimum absolute atomic E-state index is 0.142. The summed E-state index contributed by atoms with van der Waals surface area (Å²) >= 11 is 0. The maximum Gasteiger partial charge on any atom is 0.122 e. The van der Waals surface area contributed by atoms with Gasteiger partial charge in [-0.05, 0) is 38.1 Å². The van der Waals surface area contributed by atoms with E-state index in [-0.39, 0.29) is 5.84 Å². The van der Waals surface area contributed by atoms with Crippen LogP contribution < -0.4 is 5.73 Å². The number of likely N-dealkylation sites (N-methyl/N-ethyl adjacent to an activating group) is 1. The van der Waals surface area contributed by atoms with Gasteiger partial charge in [0.1, 0.15) is 5.84 Å². The van der Waals surface area contributed by atoms with E-state index in [1.165, 1.54) is 11.1 Å². The number of rotatable bonds is 3. The van der Waals surface area contributed by atoms with E-state index in [0.29, 0.717) is 6.04 Å². The standard InChI is InChI=1S/C15H24N4/c1-11-8-13(15(16)17)4-5-14(11)10-19-7-6-18(3)12(2)9-19/h4-5,8,12H,6-7,9-10H2,1-3H3,(H3,16,17). The van der Waals surface area contributed by atoms with Gasteiger partial charge < -0.3 is 10.6 Å². The highest BCUT2D eigenvalue weighted by atomic mass is 15.3. The summed E-state index contributed by atoms with van der Waals surface area (Å²) in [5, 5.41) is 7.47. The SMILES string of the molecule is Cc1cc(C(=N)N)ccc1CN1CCN(C)C(C)C1. The topological polar surface area (TPSA) is 56.4 Å². The summed E-state index contributed by atoms with van der Waals surface area (Å²) < 4.78 is 0. The fraction of sp³-hybridized carbons (Fsp3) is 0.533. The Balaban J connectivity index is 2.05. The summed E-state index contributed by atoms with van der Waals surface area (Å²) in [5.74, 6) is 0.142. The van der Waals surface area contributed by atoms with E-state index in [2.05, 4.69) is 36.8 Å². The molecule has 0 amide bonds. The number of nitrogen functional groups attached to an aromatic ring is 1. The predicted molar refractivity (Wildman–Crippen MR) is 79.6 cm³/mol. The lowest BCUT2D eigenvalue weighted by Crippen LogP contribution is -2.49. The molecule has 1 aromatic carbocycles. The van der Waals surface area contributed by atoms with Crippen LogP contribution in [0.1, 0.15) is 23.6 Å². The lowest BCUT2D eigenvalue weighted by Gasteiger charge is -2.37. The molecule has 1 aliphatic heterocycles. The second kappa shape index (κ2) is 5.72. The third kappa shape index (κ3) is 3.33. The van der Waals surface area contributed by atoms with Crippen LogP contribution in [0.4, 0.5) is 0 Å². The van der Waals surface area contributed by atoms with E-state index in [0.717, 1.165) is 31.7 Å². The molecule has 4 nitrogen and oxygen atoms in total. The molecule has 0 aromatic heterocycles. The first-order valence-corrected chi connectivity index (χ1v) is 6.84. The van der Waals surface area contributed by atoms with Crippen molar-refractivity contribution in [3.8, 4) is 0 Å². The van der Waals surface area contributed by atoms with Crippen molar-refractivity contribution in [1.82, 2.24) is 9.80 Å². The lowest BCUT2D eigenvalue weighted by atomic mass is 10.0. The molecule has 0 bridgehead atoms. The first kappa shape index (κ1) is 14.0. The number of nitrogens with two attached hydrogens (primary N) is 1. The van der Waals surface area contributed by atoms with Gasteiger partial charge in [-0.1, -0.05) is 12.1 Å². The van der Waals surface area contributed by atoms with Crippen LogP contribution in [-0.4, -0.2) is 48.4 Å². The summed E-state index contributed by atoms with van der Waals surface area (Å²) in [6, 6.07) is 6.68. The van der Waals surface area contributed by atoms with Crippen molar-refractivity contribution >= 4 is 5.84 Å². The molecule has 1 fully saturated rings. The molecule has 19 heavy (non-hydrogen) atoms. The van der Waals surface area contributed by atoms with Gasteiger partial charge in [-0.3, -0.25) is 10.3 Å². The number of aryl methyl sites for hydroxylation is 1. The lowest BCUT2D eigenvalue weighted by molar-refractivity contribution is 0.0998. The van der Waals surface area contributed by atoms with E-state index >= 15 is 0 Å². The summed E-state index contributed by atoms with van der Waals surface area (Å²) in [7, 11) is 2.19. The van der Waals surface area contributed by atoms with Crippen molar-refractivity contribution in [3.63, 3.8) is 0 Å². The Bertz CT molecular complexity index is 469. The maximum absolute atomic E-state index is 7.47. The van der Waals surface area contributed by atoms with Gasteiger partial charge in [0.05, 0.1) is 0 Å². The Labute approximate surface area is 115 Å². The quantitative estimate of drug-likeness (QED) is 0.638. The number of benzene rings is 1. The molecule has 1 atom stereocenters. The maximum atomic E-state index is 7.47. The second-order valence-electron chi connectivity index (χ2n) is 5.62. The molecule has 2 rings (SSSR count). The molecule has 1 unspecified atom stereocenters. The van der Waals surface area contributed by atoms with Crippen LogP contribution >= 0.6 is 0 Å². The van der Waals surface area contributed by atoms with Crippen LogP contribution in [0, 0.1) is 12.3 Å². The first-order chi connectivity index (χ1) is 8.97. The highest BCUT2D eigenvalue weighted by Gasteiger charge is 2.20. The van der Waals surface area contributed by atoms with Crippen LogP contribution in [-0.2, 0) is 6.54 Å². The van der Waals surface area contributed by atoms with Crippen LogP contribution in [0.25, 0.3) is 0 Å². The number of nitrogens with one attached hydrogen (secondary N) is 1. The molecular weight excluding hydrogens is 236 g/mol. The molecule has 0 spiro atoms. The van der Waals surface area contributed by atoms with E-state index in [1.54, 1.807) is 0 Å². The zero-order valence-corrected chi connectivity index (χ0v) is 12.1. The monoisotopic (exact) mass is 260 g/mol. The van der Waals surface area contributed by atoms with Gasteiger partial charge >= 0.3 is 0 Å². The Morgan fingerprint density at radius 3 is 2.74 bits per heavy atom. The highest BCUT2D eigenvalue weighted by molar-refractivity contribution is 5.95. The average Bonchev–Trinajstić information content (AvgIpc) is 2.36. The second-order valence-corrected chi connectivity index (χ2v) is 5.62. The number of nitrogens with zero attached hydrogens (tertiary/aromatic N) is 2. The summed E-state index contributed by atoms with van der Waals surface area (Å²) in [4.78, 5) is 4.91. The van der Waals surface area contributed by atoms with Crippen molar-refractivity contribution < 1.29 is 0 Å². The first-order valence-electron chi connectivity index (χ1n) is 6.84. The van der Waals surface area contributed by atoms with Gasteiger partial charge in [-0.15, -0.1) is 0 Å². The molecule has 1 aliphatic rings. The Morgan fingerprint density at radius 2 is 2.16 bits per heavy atom. The van der Waals surface area contributed by atoms with Crippen LogP contribution in [0.3, 0.4) is 0 Å². The van der Waals surface area contributed by atoms with Crippen LogP contribution in [0.15, 0.2) is 18.2 Å². The molecular formula is C15H24N4. The van der Waals surface area contributed by atoms with Gasteiger partial charge in [0.2, 0.25) is 0 Å². The fourth-order valence-electron chi connectivity index (χ4n) is 2.55. The normalized spacial score (nSPS) is 21.5. The zero-order chi connectivity index (χ0) is 14.0. The van der Waals surface area contributed by atoms with E-state index in [1.807, 2.05) is 12.1 Å². The van der Waals surface area contributed by atoms with Crippen LogP contribution in [0.2, 0.25) is 0 Å².